The van der Waals surface area contributed by atoms with Crippen LogP contribution in [0.3, 0.4) is 0 Å². The molecule has 0 aliphatic heterocycles. The lowest BCUT2D eigenvalue weighted by Crippen LogP contribution is -2.19. The number of hydrogen-bond acceptors (Lipinski definition) is 4. The first kappa shape index (κ1) is 19.1. The molecule has 5 rings (SSSR count). The number of benzene rings is 1. The van der Waals surface area contributed by atoms with Crippen molar-refractivity contribution in [2.24, 2.45) is 24.8 Å². The highest BCUT2D eigenvalue weighted by Gasteiger charge is 2.44. The fourth-order valence-corrected chi connectivity index (χ4v) is 5.37. The van der Waals surface area contributed by atoms with Crippen LogP contribution in [0.5, 0.6) is 0 Å². The molecule has 2 saturated carbocycles. The predicted molar refractivity (Wildman–Crippen MR) is 114 cm³/mol. The summed E-state index contributed by atoms with van der Waals surface area (Å²) in [6.45, 7) is 0. The molecule has 0 unspecified atom stereocenters. The SMILES string of the molecule is Cn1nnc([C@H]2C[C@H]3CCCC[C@H]3[C@@H]2C=Cc2ccc(-c3cccc(F)c3)cn2)n1. The Labute approximate surface area is 176 Å². The maximum atomic E-state index is 13.5. The lowest BCUT2D eigenvalue weighted by atomic mass is 9.77. The van der Waals surface area contributed by atoms with Crippen molar-refractivity contribution in [2.45, 2.75) is 38.0 Å². The second-order valence-electron chi connectivity index (χ2n) is 8.61. The minimum Gasteiger partial charge on any atom is -0.256 e. The van der Waals surface area contributed by atoms with E-state index in [1.54, 1.807) is 10.9 Å². The van der Waals surface area contributed by atoms with Gasteiger partial charge in [-0.05, 0) is 65.6 Å². The Bertz CT molecular complexity index is 1040. The quantitative estimate of drug-likeness (QED) is 0.613. The molecule has 1 aromatic carbocycles. The molecule has 6 heteroatoms. The zero-order valence-corrected chi connectivity index (χ0v) is 17.2. The van der Waals surface area contributed by atoms with E-state index in [1.807, 2.05) is 31.4 Å². The molecule has 0 radical (unpaired) electrons. The van der Waals surface area contributed by atoms with Crippen molar-refractivity contribution >= 4 is 6.08 Å². The van der Waals surface area contributed by atoms with Gasteiger partial charge >= 0.3 is 0 Å². The first-order valence-electron chi connectivity index (χ1n) is 10.8. The van der Waals surface area contributed by atoms with Crippen LogP contribution in [0.2, 0.25) is 0 Å². The first-order valence-corrected chi connectivity index (χ1v) is 10.8. The van der Waals surface area contributed by atoms with Gasteiger partial charge in [-0.25, -0.2) is 4.39 Å². The molecular formula is C24H26FN5. The Morgan fingerprint density at radius 1 is 1.10 bits per heavy atom. The number of pyridine rings is 1. The van der Waals surface area contributed by atoms with Gasteiger partial charge in [0, 0.05) is 17.7 Å². The summed E-state index contributed by atoms with van der Waals surface area (Å²) in [6.07, 6.45) is 12.6. The summed E-state index contributed by atoms with van der Waals surface area (Å²) in [6, 6.07) is 10.6. The van der Waals surface area contributed by atoms with Crippen LogP contribution in [0.25, 0.3) is 17.2 Å². The number of tetrazole rings is 1. The van der Waals surface area contributed by atoms with Crippen LogP contribution in [0.4, 0.5) is 4.39 Å². The highest BCUT2D eigenvalue weighted by molar-refractivity contribution is 5.63. The third-order valence-electron chi connectivity index (χ3n) is 6.77. The lowest BCUT2D eigenvalue weighted by molar-refractivity contribution is 0.249. The smallest absolute Gasteiger partial charge is 0.178 e. The van der Waals surface area contributed by atoms with E-state index in [0.717, 1.165) is 35.0 Å². The number of fused-ring (bicyclic) bond motifs is 1. The van der Waals surface area contributed by atoms with Crippen molar-refractivity contribution in [3.05, 3.63) is 66.0 Å². The topological polar surface area (TPSA) is 56.5 Å². The number of hydrogen-bond donors (Lipinski definition) is 0. The summed E-state index contributed by atoms with van der Waals surface area (Å²) >= 11 is 0. The van der Waals surface area contributed by atoms with Gasteiger partial charge in [-0.15, -0.1) is 10.2 Å². The Morgan fingerprint density at radius 2 is 2.00 bits per heavy atom. The standard InChI is InChI=1S/C24H26FN5/c1-30-28-24(27-29-30)23-14-17-5-2-3-8-21(17)22(23)12-11-20-10-9-18(15-26-20)16-6-4-7-19(25)13-16/h4,6-7,9-13,15,17,21-23H,2-3,5,8,14H2,1H3/t17-,21-,22+,23+/m1/s1. The van der Waals surface area contributed by atoms with E-state index in [9.17, 15) is 4.39 Å². The number of halogens is 1. The summed E-state index contributed by atoms with van der Waals surface area (Å²) in [5, 5.41) is 12.9. The fraction of sp³-hybridized carbons (Fsp3) is 0.417. The summed E-state index contributed by atoms with van der Waals surface area (Å²) in [4.78, 5) is 6.15. The molecule has 4 atom stereocenters. The van der Waals surface area contributed by atoms with Gasteiger partial charge in [0.05, 0.1) is 12.7 Å². The van der Waals surface area contributed by atoms with Crippen LogP contribution in [-0.2, 0) is 7.05 Å². The minimum absolute atomic E-state index is 0.233. The number of aromatic nitrogens is 5. The van der Waals surface area contributed by atoms with Gasteiger partial charge in [0.25, 0.3) is 0 Å². The molecule has 0 amide bonds. The van der Waals surface area contributed by atoms with E-state index in [0.29, 0.717) is 17.8 Å². The number of aryl methyl sites for hydroxylation is 1. The number of rotatable bonds is 4. The van der Waals surface area contributed by atoms with Gasteiger partial charge in [-0.1, -0.05) is 43.5 Å². The normalized spacial score (nSPS) is 26.2. The molecule has 30 heavy (non-hydrogen) atoms. The third-order valence-corrected chi connectivity index (χ3v) is 6.77. The summed E-state index contributed by atoms with van der Waals surface area (Å²) in [7, 11) is 1.83. The molecule has 2 aliphatic rings. The van der Waals surface area contributed by atoms with Gasteiger partial charge in [0.1, 0.15) is 5.82 Å². The van der Waals surface area contributed by atoms with Crippen molar-refractivity contribution in [2.75, 3.05) is 0 Å². The van der Waals surface area contributed by atoms with Gasteiger partial charge < -0.3 is 0 Å². The molecule has 0 saturated heterocycles. The molecule has 2 aliphatic carbocycles. The maximum Gasteiger partial charge on any atom is 0.178 e. The van der Waals surface area contributed by atoms with E-state index in [1.165, 1.54) is 37.8 Å². The molecular weight excluding hydrogens is 377 g/mol. The van der Waals surface area contributed by atoms with Gasteiger partial charge in [0.15, 0.2) is 5.82 Å². The molecule has 154 valence electrons. The minimum atomic E-state index is -0.233. The first-order chi connectivity index (χ1) is 14.7. The number of nitrogens with zero attached hydrogens (tertiary/aromatic N) is 5. The molecule has 2 aromatic heterocycles. The van der Waals surface area contributed by atoms with E-state index in [2.05, 4.69) is 32.5 Å². The van der Waals surface area contributed by atoms with Crippen LogP contribution in [0.1, 0.15) is 49.5 Å². The summed E-state index contributed by atoms with van der Waals surface area (Å²) in [5.74, 6) is 2.83. The molecule has 5 nitrogen and oxygen atoms in total. The zero-order valence-electron chi connectivity index (χ0n) is 17.2. The fourth-order valence-electron chi connectivity index (χ4n) is 5.37. The predicted octanol–water partition coefficient (Wildman–Crippen LogP) is 5.03. The Morgan fingerprint density at radius 3 is 2.77 bits per heavy atom. The van der Waals surface area contributed by atoms with Crippen molar-refractivity contribution < 1.29 is 4.39 Å². The average Bonchev–Trinajstić information content (AvgIpc) is 3.36. The van der Waals surface area contributed by atoms with Crippen LogP contribution < -0.4 is 0 Å². The molecule has 3 aromatic rings. The largest absolute Gasteiger partial charge is 0.256 e. The third kappa shape index (κ3) is 3.78. The lowest BCUT2D eigenvalue weighted by Gasteiger charge is -2.28. The van der Waals surface area contributed by atoms with Crippen LogP contribution in [0, 0.1) is 23.6 Å². The van der Waals surface area contributed by atoms with Crippen LogP contribution in [-0.4, -0.2) is 25.2 Å². The summed E-state index contributed by atoms with van der Waals surface area (Å²) < 4.78 is 13.5. The Kier molecular flexibility index (Phi) is 5.15. The monoisotopic (exact) mass is 403 g/mol. The molecule has 0 N–H and O–H groups in total. The zero-order chi connectivity index (χ0) is 20.5. The van der Waals surface area contributed by atoms with Crippen LogP contribution in [0.15, 0.2) is 48.7 Å². The van der Waals surface area contributed by atoms with Gasteiger partial charge in [0.2, 0.25) is 0 Å². The van der Waals surface area contributed by atoms with Gasteiger partial charge in [-0.2, -0.15) is 4.80 Å². The van der Waals surface area contributed by atoms with Gasteiger partial charge in [-0.3, -0.25) is 4.98 Å². The van der Waals surface area contributed by atoms with Crippen molar-refractivity contribution in [1.29, 1.82) is 0 Å². The van der Waals surface area contributed by atoms with E-state index < -0.39 is 0 Å². The van der Waals surface area contributed by atoms with Crippen LogP contribution >= 0.6 is 0 Å². The average molecular weight is 404 g/mol. The maximum absolute atomic E-state index is 13.5. The number of allylic oxidation sites excluding steroid dienone is 1. The highest BCUT2D eigenvalue weighted by Crippen LogP contribution is 2.52. The van der Waals surface area contributed by atoms with Crippen molar-refractivity contribution in [1.82, 2.24) is 25.2 Å². The second kappa shape index (κ2) is 8.09. The van der Waals surface area contributed by atoms with E-state index in [-0.39, 0.29) is 5.82 Å². The molecule has 0 spiro atoms. The van der Waals surface area contributed by atoms with Crippen molar-refractivity contribution in [3.63, 3.8) is 0 Å². The van der Waals surface area contributed by atoms with E-state index >= 15 is 0 Å². The van der Waals surface area contributed by atoms with Crippen molar-refractivity contribution in [3.8, 4) is 11.1 Å². The summed E-state index contributed by atoms with van der Waals surface area (Å²) in [5.41, 5.74) is 2.68. The Balaban J connectivity index is 1.38. The Hall–Kier alpha value is -2.89. The van der Waals surface area contributed by atoms with E-state index in [4.69, 9.17) is 0 Å². The second-order valence-corrected chi connectivity index (χ2v) is 8.61. The molecule has 2 fully saturated rings. The molecule has 0 bridgehead atoms. The highest BCUT2D eigenvalue weighted by atomic mass is 19.1. The molecule has 2 heterocycles.